The van der Waals surface area contributed by atoms with Crippen molar-refractivity contribution >= 4 is 23.0 Å². The number of hydrogen-bond donors (Lipinski definition) is 2. The van der Waals surface area contributed by atoms with Crippen LogP contribution in [0.25, 0.3) is 11.1 Å². The van der Waals surface area contributed by atoms with Crippen LogP contribution < -0.4 is 5.76 Å². The zero-order valence-electron chi connectivity index (χ0n) is 12.3. The van der Waals surface area contributed by atoms with Gasteiger partial charge in [-0.05, 0) is 30.5 Å². The number of hydrogen-bond acceptors (Lipinski definition) is 4. The molecule has 1 aromatic carbocycles. The van der Waals surface area contributed by atoms with E-state index in [1.54, 1.807) is 19.2 Å². The Labute approximate surface area is 126 Å². The number of carbonyl (C=O) groups is 2. The summed E-state index contributed by atoms with van der Waals surface area (Å²) >= 11 is 0. The minimum Gasteiger partial charge on any atom is -0.481 e. The lowest BCUT2D eigenvalue weighted by Crippen LogP contribution is -2.28. The summed E-state index contributed by atoms with van der Waals surface area (Å²) in [4.78, 5) is 37.4. The van der Waals surface area contributed by atoms with Crippen molar-refractivity contribution in [3.8, 4) is 0 Å². The Kier molecular flexibility index (Phi) is 4.98. The van der Waals surface area contributed by atoms with E-state index in [1.807, 2.05) is 6.07 Å². The fraction of sp³-hybridized carbons (Fsp3) is 0.400. The molecule has 1 heterocycles. The second-order valence-corrected chi connectivity index (χ2v) is 5.16. The van der Waals surface area contributed by atoms with Gasteiger partial charge >= 0.3 is 11.7 Å². The lowest BCUT2D eigenvalue weighted by Gasteiger charge is -2.15. The lowest BCUT2D eigenvalue weighted by atomic mass is 10.1. The molecule has 0 aliphatic carbocycles. The van der Waals surface area contributed by atoms with Gasteiger partial charge in [0.05, 0.1) is 11.9 Å². The van der Waals surface area contributed by atoms with Crippen LogP contribution in [-0.4, -0.2) is 40.5 Å². The molecule has 0 radical (unpaired) electrons. The van der Waals surface area contributed by atoms with E-state index in [4.69, 9.17) is 9.52 Å². The van der Waals surface area contributed by atoms with Gasteiger partial charge in [0.1, 0.15) is 0 Å². The highest BCUT2D eigenvalue weighted by atomic mass is 16.4. The molecule has 118 valence electrons. The zero-order chi connectivity index (χ0) is 16.1. The highest BCUT2D eigenvalue weighted by molar-refractivity contribution is 5.77. The number of carbonyl (C=O) groups excluding carboxylic acids is 1. The van der Waals surface area contributed by atoms with E-state index in [0.29, 0.717) is 30.4 Å². The number of nitrogens with zero attached hydrogens (tertiary/aromatic N) is 1. The third-order valence-corrected chi connectivity index (χ3v) is 3.43. The molecule has 0 saturated heterocycles. The van der Waals surface area contributed by atoms with Gasteiger partial charge in [0, 0.05) is 20.0 Å². The Balaban J connectivity index is 1.82. The summed E-state index contributed by atoms with van der Waals surface area (Å²) in [5.41, 5.74) is 2.14. The van der Waals surface area contributed by atoms with Gasteiger partial charge in [0.2, 0.25) is 5.91 Å². The van der Waals surface area contributed by atoms with Crippen molar-refractivity contribution in [2.45, 2.75) is 25.7 Å². The van der Waals surface area contributed by atoms with Gasteiger partial charge in [-0.25, -0.2) is 4.79 Å². The number of aryl methyl sites for hydroxylation is 1. The third kappa shape index (κ3) is 4.21. The largest absolute Gasteiger partial charge is 0.481 e. The smallest absolute Gasteiger partial charge is 0.417 e. The van der Waals surface area contributed by atoms with Gasteiger partial charge in [-0.1, -0.05) is 6.07 Å². The Morgan fingerprint density at radius 1 is 1.32 bits per heavy atom. The van der Waals surface area contributed by atoms with Gasteiger partial charge in [-0.15, -0.1) is 0 Å². The number of amides is 1. The number of fused-ring (bicyclic) bond motifs is 1. The quantitative estimate of drug-likeness (QED) is 0.804. The Morgan fingerprint density at radius 3 is 2.82 bits per heavy atom. The molecule has 2 rings (SSSR count). The molecular weight excluding hydrogens is 288 g/mol. The minimum atomic E-state index is -0.916. The molecule has 1 aromatic heterocycles. The van der Waals surface area contributed by atoms with Crippen LogP contribution in [0.1, 0.15) is 24.8 Å². The standard InChI is InChI=1S/C15H18N2O5/c1-17(8-7-14(19)20)13(18)4-2-3-10-5-6-11-12(9-10)22-15(21)16-11/h5-6,9H,2-4,7-8H2,1H3,(H,16,21)(H,19,20). The molecule has 2 N–H and O–H groups in total. The number of nitrogens with one attached hydrogen (secondary N) is 1. The first kappa shape index (κ1) is 15.8. The second-order valence-electron chi connectivity index (χ2n) is 5.16. The van der Waals surface area contributed by atoms with Gasteiger partial charge in [-0.3, -0.25) is 14.6 Å². The van der Waals surface area contributed by atoms with E-state index >= 15 is 0 Å². The zero-order valence-corrected chi connectivity index (χ0v) is 12.3. The van der Waals surface area contributed by atoms with Crippen molar-refractivity contribution in [3.05, 3.63) is 34.3 Å². The molecule has 0 aliphatic rings. The summed E-state index contributed by atoms with van der Waals surface area (Å²) in [6, 6.07) is 5.44. The van der Waals surface area contributed by atoms with Crippen molar-refractivity contribution in [2.75, 3.05) is 13.6 Å². The van der Waals surface area contributed by atoms with Crippen molar-refractivity contribution in [3.63, 3.8) is 0 Å². The summed E-state index contributed by atoms with van der Waals surface area (Å²) in [7, 11) is 1.60. The van der Waals surface area contributed by atoms with Crippen LogP contribution in [0.5, 0.6) is 0 Å². The summed E-state index contributed by atoms with van der Waals surface area (Å²) in [6.07, 6.45) is 1.64. The molecule has 0 bridgehead atoms. The maximum absolute atomic E-state index is 11.8. The molecule has 2 aromatic rings. The number of benzene rings is 1. The Bertz CT molecular complexity index is 731. The van der Waals surface area contributed by atoms with Crippen LogP contribution in [0, 0.1) is 0 Å². The van der Waals surface area contributed by atoms with Crippen LogP contribution >= 0.6 is 0 Å². The van der Waals surface area contributed by atoms with Crippen LogP contribution in [0.15, 0.2) is 27.4 Å². The maximum Gasteiger partial charge on any atom is 0.417 e. The van der Waals surface area contributed by atoms with Gasteiger partial charge < -0.3 is 14.4 Å². The second kappa shape index (κ2) is 6.93. The molecule has 0 unspecified atom stereocenters. The van der Waals surface area contributed by atoms with Crippen molar-refractivity contribution in [1.82, 2.24) is 9.88 Å². The summed E-state index contributed by atoms with van der Waals surface area (Å²) < 4.78 is 4.99. The average molecular weight is 306 g/mol. The highest BCUT2D eigenvalue weighted by Crippen LogP contribution is 2.14. The first-order chi connectivity index (χ1) is 10.5. The molecule has 1 amide bonds. The normalized spacial score (nSPS) is 10.8. The SMILES string of the molecule is CN(CCC(=O)O)C(=O)CCCc1ccc2[nH]c(=O)oc2c1. The van der Waals surface area contributed by atoms with Crippen LogP contribution in [0.3, 0.4) is 0 Å². The number of rotatable bonds is 7. The summed E-state index contributed by atoms with van der Waals surface area (Å²) in [5, 5.41) is 8.59. The Morgan fingerprint density at radius 2 is 2.09 bits per heavy atom. The molecule has 0 atom stereocenters. The monoisotopic (exact) mass is 306 g/mol. The van der Waals surface area contributed by atoms with E-state index in [2.05, 4.69) is 4.98 Å². The third-order valence-electron chi connectivity index (χ3n) is 3.43. The average Bonchev–Trinajstić information content (AvgIpc) is 2.83. The molecule has 7 heteroatoms. The molecule has 0 aliphatic heterocycles. The van der Waals surface area contributed by atoms with E-state index in [0.717, 1.165) is 5.56 Å². The first-order valence-corrected chi connectivity index (χ1v) is 7.03. The number of aromatic amines is 1. The van der Waals surface area contributed by atoms with Gasteiger partial charge in [0.25, 0.3) is 0 Å². The number of oxazole rings is 1. The van der Waals surface area contributed by atoms with E-state index in [1.165, 1.54) is 4.90 Å². The number of aromatic nitrogens is 1. The first-order valence-electron chi connectivity index (χ1n) is 7.03. The fourth-order valence-electron chi connectivity index (χ4n) is 2.17. The van der Waals surface area contributed by atoms with E-state index in [-0.39, 0.29) is 18.9 Å². The van der Waals surface area contributed by atoms with Crippen LogP contribution in [-0.2, 0) is 16.0 Å². The van der Waals surface area contributed by atoms with Gasteiger partial charge in [-0.2, -0.15) is 0 Å². The molecular formula is C15H18N2O5. The minimum absolute atomic E-state index is 0.0502. The van der Waals surface area contributed by atoms with Crippen molar-refractivity contribution in [2.24, 2.45) is 0 Å². The number of carboxylic acid groups (broad SMARTS) is 1. The number of aliphatic carboxylic acids is 1. The van der Waals surface area contributed by atoms with Crippen molar-refractivity contribution < 1.29 is 19.1 Å². The highest BCUT2D eigenvalue weighted by Gasteiger charge is 2.10. The topological polar surface area (TPSA) is 104 Å². The molecule has 7 nitrogen and oxygen atoms in total. The summed E-state index contributed by atoms with van der Waals surface area (Å²) in [5.74, 6) is -1.47. The molecule has 0 fully saturated rings. The molecule has 0 spiro atoms. The predicted molar refractivity (Wildman–Crippen MR) is 79.7 cm³/mol. The van der Waals surface area contributed by atoms with E-state index in [9.17, 15) is 14.4 Å². The van der Waals surface area contributed by atoms with Crippen LogP contribution in [0.4, 0.5) is 0 Å². The molecule has 22 heavy (non-hydrogen) atoms. The Hall–Kier alpha value is -2.57. The van der Waals surface area contributed by atoms with Gasteiger partial charge in [0.15, 0.2) is 5.58 Å². The summed E-state index contributed by atoms with van der Waals surface area (Å²) in [6.45, 7) is 0.217. The number of carboxylic acids is 1. The lowest BCUT2D eigenvalue weighted by molar-refractivity contribution is -0.138. The fourth-order valence-corrected chi connectivity index (χ4v) is 2.17. The predicted octanol–water partition coefficient (Wildman–Crippen LogP) is 1.38. The maximum atomic E-state index is 11.8. The number of H-pyrrole nitrogens is 1. The van der Waals surface area contributed by atoms with Crippen molar-refractivity contribution in [1.29, 1.82) is 0 Å². The van der Waals surface area contributed by atoms with Crippen LogP contribution in [0.2, 0.25) is 0 Å². The molecule has 0 saturated carbocycles. The van der Waals surface area contributed by atoms with E-state index < -0.39 is 11.7 Å².